The van der Waals surface area contributed by atoms with Crippen LogP contribution < -0.4 is 14.4 Å². The molecule has 1 fully saturated rings. The summed E-state index contributed by atoms with van der Waals surface area (Å²) in [4.78, 5) is 6.83. The highest BCUT2D eigenvalue weighted by Crippen LogP contribution is 2.36. The molecule has 1 atom stereocenters. The number of nitrogens with zero attached hydrogens (tertiary/aromatic N) is 5. The first-order valence-corrected chi connectivity index (χ1v) is 15.8. The fraction of sp³-hybridized carbons (Fsp3) is 0.400. The number of aromatic nitrogens is 3. The number of ether oxygens (including phenoxy) is 1. The van der Waals surface area contributed by atoms with Gasteiger partial charge >= 0.3 is 0 Å². The molecule has 5 rings (SSSR count). The van der Waals surface area contributed by atoms with Crippen molar-refractivity contribution in [3.8, 4) is 17.0 Å². The maximum Gasteiger partial charge on any atom is 0.245 e. The Labute approximate surface area is 241 Å². The van der Waals surface area contributed by atoms with Crippen LogP contribution in [0, 0.1) is 0 Å². The molecule has 218 valence electrons. The number of hydrogen-bond acceptors (Lipinski definition) is 8. The van der Waals surface area contributed by atoms with E-state index in [1.54, 1.807) is 17.8 Å². The molecule has 2 N–H and O–H groups in total. The van der Waals surface area contributed by atoms with Gasteiger partial charge in [0, 0.05) is 18.7 Å². The third-order valence-electron chi connectivity index (χ3n) is 7.59. The third-order valence-corrected chi connectivity index (χ3v) is 8.84. The highest BCUT2D eigenvalue weighted by molar-refractivity contribution is 7.92. The number of β-amino-alcohol motifs (C(OH)–C–C–N with tert-alkyl or cyclic N) is 1. The number of sulfonamides is 1. The van der Waals surface area contributed by atoms with Gasteiger partial charge in [0.25, 0.3) is 0 Å². The van der Waals surface area contributed by atoms with E-state index in [0.717, 1.165) is 48.4 Å². The molecule has 1 aliphatic rings. The Balaban J connectivity index is 1.41. The van der Waals surface area contributed by atoms with Crippen molar-refractivity contribution >= 4 is 32.9 Å². The Morgan fingerprint density at radius 2 is 1.90 bits per heavy atom. The smallest absolute Gasteiger partial charge is 0.245 e. The number of anilines is 3. The van der Waals surface area contributed by atoms with Gasteiger partial charge in [0.05, 0.1) is 48.3 Å². The average molecular weight is 579 g/mol. The van der Waals surface area contributed by atoms with Crippen molar-refractivity contribution in [1.82, 2.24) is 19.5 Å². The van der Waals surface area contributed by atoms with E-state index in [-0.39, 0.29) is 6.10 Å². The van der Waals surface area contributed by atoms with Gasteiger partial charge in [-0.05, 0) is 81.6 Å². The second-order valence-electron chi connectivity index (χ2n) is 10.6. The minimum atomic E-state index is -3.46. The minimum absolute atomic E-state index is 0.311. The molecule has 4 aromatic rings. The van der Waals surface area contributed by atoms with E-state index in [4.69, 9.17) is 9.84 Å². The molecule has 2 aromatic heterocycles. The fourth-order valence-corrected chi connectivity index (χ4v) is 6.65. The van der Waals surface area contributed by atoms with Gasteiger partial charge in [0.2, 0.25) is 16.0 Å². The molecule has 0 amide bonds. The molecule has 10 nitrogen and oxygen atoms in total. The molecule has 11 heteroatoms. The summed E-state index contributed by atoms with van der Waals surface area (Å²) >= 11 is 0. The lowest BCUT2D eigenvalue weighted by molar-refractivity contribution is 0.109. The zero-order valence-electron chi connectivity index (χ0n) is 24.0. The molecule has 0 bridgehead atoms. The van der Waals surface area contributed by atoms with E-state index in [9.17, 15) is 13.5 Å². The maximum atomic E-state index is 12.5. The molecule has 0 spiro atoms. The summed E-state index contributed by atoms with van der Waals surface area (Å²) in [5.41, 5.74) is 4.88. The van der Waals surface area contributed by atoms with Crippen molar-refractivity contribution in [2.45, 2.75) is 38.7 Å². The number of fused-ring (bicyclic) bond motifs is 1. The molecule has 1 unspecified atom stereocenters. The summed E-state index contributed by atoms with van der Waals surface area (Å²) < 4.78 is 33.9. The van der Waals surface area contributed by atoms with Gasteiger partial charge in [0.1, 0.15) is 5.75 Å². The quantitative estimate of drug-likeness (QED) is 0.283. The molecule has 2 aromatic carbocycles. The maximum absolute atomic E-state index is 12.5. The number of aliphatic hydroxyl groups excluding tert-OH is 1. The number of hydrogen-bond donors (Lipinski definition) is 2. The Kier molecular flexibility index (Phi) is 8.48. The number of piperidine rings is 1. The molecule has 1 aliphatic heterocycles. The highest BCUT2D eigenvalue weighted by Gasteiger charge is 2.23. The van der Waals surface area contributed by atoms with Crippen molar-refractivity contribution in [2.24, 2.45) is 0 Å². The van der Waals surface area contributed by atoms with Crippen LogP contribution in [0.15, 0.2) is 60.8 Å². The van der Waals surface area contributed by atoms with Crippen LogP contribution in [0.1, 0.15) is 38.2 Å². The summed E-state index contributed by atoms with van der Waals surface area (Å²) in [6.45, 7) is 6.61. The average Bonchev–Trinajstić information content (AvgIpc) is 3.36. The van der Waals surface area contributed by atoms with Gasteiger partial charge < -0.3 is 20.1 Å². The van der Waals surface area contributed by atoms with Crippen LogP contribution in [-0.2, 0) is 10.0 Å². The van der Waals surface area contributed by atoms with E-state index < -0.39 is 10.0 Å². The number of para-hydroxylation sites is 1. The zero-order chi connectivity index (χ0) is 29.1. The lowest BCUT2D eigenvalue weighted by atomic mass is 9.89. The van der Waals surface area contributed by atoms with Crippen LogP contribution in [0.4, 0.5) is 17.3 Å². The van der Waals surface area contributed by atoms with Crippen LogP contribution in [0.25, 0.3) is 16.8 Å². The second kappa shape index (κ2) is 12.1. The topological polar surface area (TPSA) is 112 Å². The predicted octanol–water partition coefficient (Wildman–Crippen LogP) is 4.49. The largest absolute Gasteiger partial charge is 0.495 e. The van der Waals surface area contributed by atoms with E-state index >= 15 is 0 Å². The normalized spacial score (nSPS) is 15.6. The van der Waals surface area contributed by atoms with Gasteiger partial charge in [-0.1, -0.05) is 24.3 Å². The lowest BCUT2D eigenvalue weighted by Gasteiger charge is -2.33. The Morgan fingerprint density at radius 3 is 2.59 bits per heavy atom. The molecule has 41 heavy (non-hydrogen) atoms. The molecule has 1 saturated heterocycles. The highest BCUT2D eigenvalue weighted by atomic mass is 32.2. The minimum Gasteiger partial charge on any atom is -0.495 e. The molecule has 0 radical (unpaired) electrons. The zero-order valence-corrected chi connectivity index (χ0v) is 24.8. The summed E-state index contributed by atoms with van der Waals surface area (Å²) in [7, 11) is -1.80. The van der Waals surface area contributed by atoms with Crippen molar-refractivity contribution in [1.29, 1.82) is 0 Å². The first-order chi connectivity index (χ1) is 19.7. The standard InChI is InChI=1S/C30H38N6O4S/c1-5-35(41(4,38)39)27-9-7-6-8-25(27)28-13-11-24-19-31-30(33-36(24)28)32-26-12-10-23(18-29(26)40-3)22-14-16-34(17-15-22)20-21(2)37/h6-13,18-19,21-22,37H,5,14-17,20H2,1-4H3,(H,32,33). The molecular formula is C30H38N6O4S. The SMILES string of the molecule is CCN(c1ccccc1-c1ccc2cnc(Nc3ccc(C4CCN(CC(C)O)CC4)cc3OC)nn12)S(C)(=O)=O. The number of likely N-dealkylation sites (tertiary alicyclic amines) is 1. The van der Waals surface area contributed by atoms with E-state index in [1.807, 2.05) is 56.3 Å². The van der Waals surface area contributed by atoms with Crippen molar-refractivity contribution < 1.29 is 18.3 Å². The first-order valence-electron chi connectivity index (χ1n) is 13.9. The number of benzene rings is 2. The van der Waals surface area contributed by atoms with Crippen LogP contribution in [-0.4, -0.2) is 78.7 Å². The molecule has 3 heterocycles. The second-order valence-corrected chi connectivity index (χ2v) is 12.5. The van der Waals surface area contributed by atoms with Crippen molar-refractivity contribution in [3.05, 3.63) is 66.4 Å². The first kappa shape index (κ1) is 28.8. The van der Waals surface area contributed by atoms with Gasteiger partial charge in [0.15, 0.2) is 0 Å². The third kappa shape index (κ3) is 6.32. The Bertz CT molecular complexity index is 1610. The Hall–Kier alpha value is -3.67. The number of nitrogens with one attached hydrogen (secondary N) is 1. The number of methoxy groups -OCH3 is 1. The summed E-state index contributed by atoms with van der Waals surface area (Å²) in [5, 5.41) is 17.8. The molecule has 0 saturated carbocycles. The van der Waals surface area contributed by atoms with Gasteiger partial charge in [-0.25, -0.2) is 17.9 Å². The van der Waals surface area contributed by atoms with Crippen molar-refractivity contribution in [2.75, 3.05) is 49.2 Å². The molecule has 0 aliphatic carbocycles. The van der Waals surface area contributed by atoms with Crippen LogP contribution in [0.3, 0.4) is 0 Å². The van der Waals surface area contributed by atoms with Crippen LogP contribution >= 0.6 is 0 Å². The van der Waals surface area contributed by atoms with Gasteiger partial charge in [-0.3, -0.25) is 4.31 Å². The van der Waals surface area contributed by atoms with Crippen LogP contribution in [0.5, 0.6) is 5.75 Å². The lowest BCUT2D eigenvalue weighted by Crippen LogP contribution is -2.37. The van der Waals surface area contributed by atoms with Crippen LogP contribution in [0.2, 0.25) is 0 Å². The molecular weight excluding hydrogens is 540 g/mol. The van der Waals surface area contributed by atoms with Crippen molar-refractivity contribution in [3.63, 3.8) is 0 Å². The summed E-state index contributed by atoms with van der Waals surface area (Å²) in [6.07, 6.45) is 4.71. The van der Waals surface area contributed by atoms with E-state index in [0.29, 0.717) is 36.4 Å². The van der Waals surface area contributed by atoms with Gasteiger partial charge in [-0.2, -0.15) is 0 Å². The van der Waals surface area contributed by atoms with E-state index in [1.165, 1.54) is 16.1 Å². The number of aliphatic hydroxyl groups is 1. The Morgan fingerprint density at radius 1 is 1.15 bits per heavy atom. The number of rotatable bonds is 10. The van der Waals surface area contributed by atoms with Gasteiger partial charge in [-0.15, -0.1) is 5.10 Å². The fourth-order valence-electron chi connectivity index (χ4n) is 5.66. The summed E-state index contributed by atoms with van der Waals surface area (Å²) in [5.74, 6) is 1.54. The monoisotopic (exact) mass is 578 g/mol. The predicted molar refractivity (Wildman–Crippen MR) is 163 cm³/mol. The summed E-state index contributed by atoms with van der Waals surface area (Å²) in [6, 6.07) is 17.5. The van der Waals surface area contributed by atoms with E-state index in [2.05, 4.69) is 27.3 Å².